The van der Waals surface area contributed by atoms with Crippen LogP contribution in [-0.2, 0) is 0 Å². The highest BCUT2D eigenvalue weighted by molar-refractivity contribution is 9.10. The lowest BCUT2D eigenvalue weighted by Gasteiger charge is -2.30. The molecule has 0 unspecified atom stereocenters. The molecule has 0 bridgehead atoms. The lowest BCUT2D eigenvalue weighted by molar-refractivity contribution is 0.0944. The molecular weight excluding hydrogens is 323 g/mol. The zero-order valence-corrected chi connectivity index (χ0v) is 13.2. The van der Waals surface area contributed by atoms with Gasteiger partial charge in [-0.1, -0.05) is 6.92 Å². The second kappa shape index (κ2) is 7.18. The van der Waals surface area contributed by atoms with E-state index in [1.54, 1.807) is 12.1 Å². The Morgan fingerprint density at radius 3 is 2.80 bits per heavy atom. The molecule has 1 heterocycles. The minimum Gasteiger partial charge on any atom is -0.351 e. The minimum atomic E-state index is -0.414. The van der Waals surface area contributed by atoms with Gasteiger partial charge in [0.15, 0.2) is 0 Å². The van der Waals surface area contributed by atoms with Crippen molar-refractivity contribution in [3.05, 3.63) is 34.1 Å². The fourth-order valence-corrected chi connectivity index (χ4v) is 2.60. The summed E-state index contributed by atoms with van der Waals surface area (Å²) in [7, 11) is 0. The first-order chi connectivity index (χ1) is 9.56. The molecule has 20 heavy (non-hydrogen) atoms. The summed E-state index contributed by atoms with van der Waals surface area (Å²) in [6, 6.07) is 4.42. The maximum absolute atomic E-state index is 13.4. The lowest BCUT2D eigenvalue weighted by atomic mass is 9.99. The summed E-state index contributed by atoms with van der Waals surface area (Å²) in [5.41, 5.74) is 0.359. The molecule has 1 fully saturated rings. The van der Waals surface area contributed by atoms with Gasteiger partial charge in [0.05, 0.1) is 4.47 Å². The molecule has 110 valence electrons. The molecule has 2 rings (SSSR count). The molecule has 0 radical (unpaired) electrons. The monoisotopic (exact) mass is 342 g/mol. The third kappa shape index (κ3) is 4.28. The van der Waals surface area contributed by atoms with Crippen LogP contribution in [0.2, 0.25) is 0 Å². The zero-order chi connectivity index (χ0) is 14.5. The van der Waals surface area contributed by atoms with Crippen LogP contribution >= 0.6 is 15.9 Å². The van der Waals surface area contributed by atoms with Gasteiger partial charge < -0.3 is 10.2 Å². The molecular formula is C15H20BrFN2O. The fourth-order valence-electron chi connectivity index (χ4n) is 2.35. The number of piperidine rings is 1. The van der Waals surface area contributed by atoms with Gasteiger partial charge in [-0.15, -0.1) is 0 Å². The Morgan fingerprint density at radius 2 is 2.15 bits per heavy atom. The van der Waals surface area contributed by atoms with Crippen LogP contribution in [0.25, 0.3) is 0 Å². The predicted molar refractivity (Wildman–Crippen MR) is 81.3 cm³/mol. The van der Waals surface area contributed by atoms with Crippen LogP contribution in [0.3, 0.4) is 0 Å². The third-order valence-electron chi connectivity index (χ3n) is 3.77. The molecule has 5 heteroatoms. The van der Waals surface area contributed by atoms with Gasteiger partial charge in [0.1, 0.15) is 5.82 Å². The summed E-state index contributed by atoms with van der Waals surface area (Å²) in [5, 5.41) is 2.84. The van der Waals surface area contributed by atoms with E-state index in [1.807, 2.05) is 0 Å². The predicted octanol–water partition coefficient (Wildman–Crippen LogP) is 3.05. The van der Waals surface area contributed by atoms with Crippen molar-refractivity contribution in [1.29, 1.82) is 0 Å². The Morgan fingerprint density at radius 1 is 1.45 bits per heavy atom. The van der Waals surface area contributed by atoms with E-state index >= 15 is 0 Å². The van der Waals surface area contributed by atoms with Crippen molar-refractivity contribution >= 4 is 21.8 Å². The van der Waals surface area contributed by atoms with Gasteiger partial charge in [0.25, 0.3) is 5.91 Å². The van der Waals surface area contributed by atoms with Crippen molar-refractivity contribution < 1.29 is 9.18 Å². The number of nitrogens with zero attached hydrogens (tertiary/aromatic N) is 1. The van der Waals surface area contributed by atoms with E-state index in [2.05, 4.69) is 33.1 Å². The lowest BCUT2D eigenvalue weighted by Crippen LogP contribution is -2.39. The molecule has 0 saturated carbocycles. The van der Waals surface area contributed by atoms with Gasteiger partial charge in [-0.2, -0.15) is 0 Å². The van der Waals surface area contributed by atoms with Crippen molar-refractivity contribution in [1.82, 2.24) is 10.2 Å². The van der Waals surface area contributed by atoms with Gasteiger partial charge >= 0.3 is 0 Å². The maximum Gasteiger partial charge on any atom is 0.251 e. The number of carbonyl (C=O) groups is 1. The molecule has 1 amide bonds. The van der Waals surface area contributed by atoms with E-state index in [0.29, 0.717) is 16.6 Å². The van der Waals surface area contributed by atoms with Crippen molar-refractivity contribution in [3.8, 4) is 0 Å². The van der Waals surface area contributed by atoms with Crippen LogP contribution in [0.5, 0.6) is 0 Å². The number of benzene rings is 1. The number of likely N-dealkylation sites (tertiary alicyclic amines) is 1. The standard InChI is InChI=1S/C15H20BrFN2O/c1-11-4-7-19(8-5-11)9-6-18-15(20)12-2-3-13(16)14(17)10-12/h2-3,10-11H,4-9H2,1H3,(H,18,20). The van der Waals surface area contributed by atoms with Crippen LogP contribution < -0.4 is 5.32 Å². The minimum absolute atomic E-state index is 0.221. The molecule has 1 aliphatic heterocycles. The Labute approximate surface area is 127 Å². The highest BCUT2D eigenvalue weighted by Gasteiger charge is 2.15. The van der Waals surface area contributed by atoms with Gasteiger partial charge in [-0.3, -0.25) is 4.79 Å². The molecule has 1 aromatic carbocycles. The number of rotatable bonds is 4. The van der Waals surface area contributed by atoms with E-state index in [1.165, 1.54) is 18.9 Å². The highest BCUT2D eigenvalue weighted by Crippen LogP contribution is 2.17. The average molecular weight is 343 g/mol. The normalized spacial score (nSPS) is 17.1. The second-order valence-electron chi connectivity index (χ2n) is 5.41. The van der Waals surface area contributed by atoms with Crippen molar-refractivity contribution in [3.63, 3.8) is 0 Å². The first-order valence-electron chi connectivity index (χ1n) is 7.02. The number of halogens is 2. The Bertz CT molecular complexity index is 473. The number of amides is 1. The number of nitrogens with one attached hydrogen (secondary N) is 1. The second-order valence-corrected chi connectivity index (χ2v) is 6.26. The quantitative estimate of drug-likeness (QED) is 0.911. The Kier molecular flexibility index (Phi) is 5.54. The van der Waals surface area contributed by atoms with Crippen molar-refractivity contribution in [2.45, 2.75) is 19.8 Å². The summed E-state index contributed by atoms with van der Waals surface area (Å²) < 4.78 is 13.7. The molecule has 1 saturated heterocycles. The van der Waals surface area contributed by atoms with Crippen LogP contribution in [-0.4, -0.2) is 37.0 Å². The summed E-state index contributed by atoms with van der Waals surface area (Å²) in [5.74, 6) is 0.177. The molecule has 0 atom stereocenters. The first-order valence-corrected chi connectivity index (χ1v) is 7.81. The van der Waals surface area contributed by atoms with Gasteiger partial charge in [-0.05, 0) is 66.0 Å². The summed E-state index contributed by atoms with van der Waals surface area (Å²) >= 11 is 3.07. The highest BCUT2D eigenvalue weighted by atomic mass is 79.9. The number of hydrogen-bond acceptors (Lipinski definition) is 2. The fraction of sp³-hybridized carbons (Fsp3) is 0.533. The van der Waals surface area contributed by atoms with Crippen LogP contribution in [0, 0.1) is 11.7 Å². The maximum atomic E-state index is 13.4. The molecule has 3 nitrogen and oxygen atoms in total. The molecule has 1 aromatic rings. The SMILES string of the molecule is CC1CCN(CCNC(=O)c2ccc(Br)c(F)c2)CC1. The van der Waals surface area contributed by atoms with E-state index in [-0.39, 0.29) is 5.91 Å². The molecule has 0 aliphatic carbocycles. The van der Waals surface area contributed by atoms with Gasteiger partial charge in [0, 0.05) is 18.7 Å². The summed E-state index contributed by atoms with van der Waals surface area (Å²) in [4.78, 5) is 14.3. The summed E-state index contributed by atoms with van der Waals surface area (Å²) in [6.07, 6.45) is 2.46. The van der Waals surface area contributed by atoms with E-state index in [9.17, 15) is 9.18 Å². The Balaban J connectivity index is 1.76. The van der Waals surface area contributed by atoms with Crippen molar-refractivity contribution in [2.75, 3.05) is 26.2 Å². The zero-order valence-electron chi connectivity index (χ0n) is 11.7. The molecule has 0 aromatic heterocycles. The van der Waals surface area contributed by atoms with Crippen LogP contribution in [0.15, 0.2) is 22.7 Å². The van der Waals surface area contributed by atoms with Gasteiger partial charge in [0.2, 0.25) is 0 Å². The Hall–Kier alpha value is -0.940. The third-order valence-corrected chi connectivity index (χ3v) is 4.41. The summed E-state index contributed by atoms with van der Waals surface area (Å²) in [6.45, 7) is 5.94. The number of carbonyl (C=O) groups excluding carboxylic acids is 1. The van der Waals surface area contributed by atoms with E-state index < -0.39 is 5.82 Å². The van der Waals surface area contributed by atoms with E-state index in [4.69, 9.17) is 0 Å². The van der Waals surface area contributed by atoms with Crippen molar-refractivity contribution in [2.24, 2.45) is 5.92 Å². The topological polar surface area (TPSA) is 32.3 Å². The molecule has 1 N–H and O–H groups in total. The molecule has 0 spiro atoms. The largest absolute Gasteiger partial charge is 0.351 e. The number of hydrogen-bond donors (Lipinski definition) is 1. The average Bonchev–Trinajstić information content (AvgIpc) is 2.44. The van der Waals surface area contributed by atoms with Crippen LogP contribution in [0.4, 0.5) is 4.39 Å². The first kappa shape index (κ1) is 15.4. The molecule has 1 aliphatic rings. The smallest absolute Gasteiger partial charge is 0.251 e. The van der Waals surface area contributed by atoms with Crippen LogP contribution in [0.1, 0.15) is 30.1 Å². The van der Waals surface area contributed by atoms with E-state index in [0.717, 1.165) is 25.6 Å². The van der Waals surface area contributed by atoms with Gasteiger partial charge in [-0.25, -0.2) is 4.39 Å².